The number of hydrazone groups is 1. The van der Waals surface area contributed by atoms with Crippen molar-refractivity contribution in [3.8, 4) is 5.75 Å². The molecule has 10 nitrogen and oxygen atoms in total. The number of carbonyl (C=O) groups is 2. The number of nitrogens with zero attached hydrogens (tertiary/aromatic N) is 5. The molecule has 1 aromatic heterocycles. The fraction of sp³-hybridized carbons (Fsp3) is 0.0303. The molecule has 0 fully saturated rings. The van der Waals surface area contributed by atoms with Crippen LogP contribution in [-0.2, 0) is 4.79 Å². The number of amidine groups is 2. The van der Waals surface area contributed by atoms with Crippen LogP contribution >= 0.6 is 11.6 Å². The second kappa shape index (κ2) is 12.2. The Morgan fingerprint density at radius 1 is 1.00 bits per heavy atom. The van der Waals surface area contributed by atoms with E-state index in [4.69, 9.17) is 11.6 Å². The van der Waals surface area contributed by atoms with Crippen LogP contribution in [0.4, 0.5) is 11.4 Å². The molecule has 2 heterocycles. The number of hydrogen-bond acceptors (Lipinski definition) is 6. The molecule has 4 aromatic carbocycles. The third-order valence-corrected chi connectivity index (χ3v) is 7.04. The largest absolute Gasteiger partial charge is 0.507 e. The predicted molar refractivity (Wildman–Crippen MR) is 171 cm³/mol. The van der Waals surface area contributed by atoms with Crippen molar-refractivity contribution >= 4 is 63.4 Å². The molecule has 3 N–H and O–H groups in total. The quantitative estimate of drug-likeness (QED) is 0.0624. The lowest BCUT2D eigenvalue weighted by molar-refractivity contribution is -0.113. The van der Waals surface area contributed by atoms with Crippen molar-refractivity contribution < 1.29 is 14.7 Å². The van der Waals surface area contributed by atoms with E-state index < -0.39 is 5.91 Å². The summed E-state index contributed by atoms with van der Waals surface area (Å²) >= 11 is 6.04. The maximum Gasteiger partial charge on any atom is 0.282 e. The molecule has 0 saturated heterocycles. The van der Waals surface area contributed by atoms with Crippen molar-refractivity contribution in [2.75, 3.05) is 4.90 Å². The van der Waals surface area contributed by atoms with E-state index in [9.17, 15) is 14.7 Å². The third-order valence-electron chi connectivity index (χ3n) is 6.81. The van der Waals surface area contributed by atoms with Crippen molar-refractivity contribution in [2.45, 2.75) is 6.92 Å². The Bertz CT molecular complexity index is 2030. The first-order valence-corrected chi connectivity index (χ1v) is 13.9. The lowest BCUT2D eigenvalue weighted by Gasteiger charge is -2.16. The van der Waals surface area contributed by atoms with E-state index in [-0.39, 0.29) is 28.6 Å². The minimum absolute atomic E-state index is 0.0166. The lowest BCUT2D eigenvalue weighted by atomic mass is 10.1. The van der Waals surface area contributed by atoms with Crippen LogP contribution < -0.4 is 10.3 Å². The number of aromatic nitrogens is 1. The minimum atomic E-state index is -0.527. The van der Waals surface area contributed by atoms with Crippen LogP contribution in [0.3, 0.4) is 0 Å². The standard InChI is InChI=1S/C33H24ClN7O3/c1-20-36-29(17-22-19-35-28-11-4-2-9-26(22)28)33(44)41(20)25-15-13-21(14-16-25)32(43)40-39-31(27-10-3-5-12-30(27)42)38-37-24-8-6-7-23(34)18-24/h2-19,35,42H,1H3,(H,40,43)/b29-17+,38-37?,39-31+. The van der Waals surface area contributed by atoms with Crippen LogP contribution in [0.15, 0.2) is 129 Å². The van der Waals surface area contributed by atoms with Gasteiger partial charge in [-0.1, -0.05) is 48.0 Å². The number of para-hydroxylation sites is 2. The molecule has 0 atom stereocenters. The molecule has 1 aliphatic rings. The summed E-state index contributed by atoms with van der Waals surface area (Å²) in [4.78, 5) is 35.5. The number of aromatic amines is 1. The summed E-state index contributed by atoms with van der Waals surface area (Å²) in [6, 6.07) is 27.5. The Morgan fingerprint density at radius 3 is 2.57 bits per heavy atom. The van der Waals surface area contributed by atoms with Crippen molar-refractivity contribution in [2.24, 2.45) is 20.3 Å². The number of carbonyl (C=O) groups excluding carboxylic acids is 2. The van der Waals surface area contributed by atoms with Crippen molar-refractivity contribution in [3.63, 3.8) is 0 Å². The van der Waals surface area contributed by atoms with Crippen molar-refractivity contribution in [1.82, 2.24) is 10.4 Å². The Labute approximate surface area is 256 Å². The Kier molecular flexibility index (Phi) is 7.81. The number of phenols is 1. The molecule has 0 spiro atoms. The summed E-state index contributed by atoms with van der Waals surface area (Å²) in [6.07, 6.45) is 3.61. The third kappa shape index (κ3) is 5.87. The summed E-state index contributed by atoms with van der Waals surface area (Å²) in [7, 11) is 0. The van der Waals surface area contributed by atoms with Crippen molar-refractivity contribution in [3.05, 3.63) is 131 Å². The maximum absolute atomic E-state index is 13.3. The molecular weight excluding hydrogens is 578 g/mol. The monoisotopic (exact) mass is 601 g/mol. The van der Waals surface area contributed by atoms with Gasteiger partial charge in [-0.15, -0.1) is 15.3 Å². The zero-order valence-electron chi connectivity index (χ0n) is 23.3. The Hall–Kier alpha value is -5.87. The smallest absolute Gasteiger partial charge is 0.282 e. The van der Waals surface area contributed by atoms with Crippen molar-refractivity contribution in [1.29, 1.82) is 0 Å². The number of aromatic hydroxyl groups is 1. The minimum Gasteiger partial charge on any atom is -0.507 e. The van der Waals surface area contributed by atoms with Gasteiger partial charge in [0.25, 0.3) is 11.8 Å². The lowest BCUT2D eigenvalue weighted by Crippen LogP contribution is -2.30. The average molecular weight is 602 g/mol. The number of anilines is 1. The number of hydrogen-bond donors (Lipinski definition) is 3. The number of rotatable bonds is 6. The Morgan fingerprint density at radius 2 is 1.77 bits per heavy atom. The van der Waals surface area contributed by atoms with Gasteiger partial charge in [-0.05, 0) is 73.7 Å². The highest BCUT2D eigenvalue weighted by atomic mass is 35.5. The molecular formula is C33H24ClN7O3. The van der Waals surface area contributed by atoms with Gasteiger partial charge < -0.3 is 10.1 Å². The number of nitrogens with one attached hydrogen (secondary N) is 2. The summed E-state index contributed by atoms with van der Waals surface area (Å²) < 4.78 is 0. The number of azo groups is 1. The maximum atomic E-state index is 13.3. The zero-order chi connectivity index (χ0) is 30.6. The molecule has 44 heavy (non-hydrogen) atoms. The van der Waals surface area contributed by atoms with E-state index in [2.05, 4.69) is 30.7 Å². The average Bonchev–Trinajstić information content (AvgIpc) is 3.57. The van der Waals surface area contributed by atoms with Gasteiger partial charge in [-0.25, -0.2) is 10.4 Å². The highest BCUT2D eigenvalue weighted by molar-refractivity contribution is 6.30. The fourth-order valence-electron chi connectivity index (χ4n) is 4.67. The van der Waals surface area contributed by atoms with E-state index in [0.717, 1.165) is 16.5 Å². The molecule has 6 rings (SSSR count). The van der Waals surface area contributed by atoms with Gasteiger partial charge in [0.2, 0.25) is 5.84 Å². The summed E-state index contributed by atoms with van der Waals surface area (Å²) in [5, 5.41) is 24.2. The molecule has 0 bridgehead atoms. The molecule has 1 aliphatic heterocycles. The molecule has 0 saturated carbocycles. The summed E-state index contributed by atoms with van der Waals surface area (Å²) in [5.41, 5.74) is 6.20. The molecule has 216 valence electrons. The summed E-state index contributed by atoms with van der Waals surface area (Å²) in [6.45, 7) is 1.75. The normalized spacial score (nSPS) is 14.5. The highest BCUT2D eigenvalue weighted by Crippen LogP contribution is 2.28. The van der Waals surface area contributed by atoms with Crippen LogP contribution in [0.2, 0.25) is 5.02 Å². The van der Waals surface area contributed by atoms with E-state index >= 15 is 0 Å². The van der Waals surface area contributed by atoms with Gasteiger partial charge in [0.05, 0.1) is 16.9 Å². The fourth-order valence-corrected chi connectivity index (χ4v) is 4.85. The zero-order valence-corrected chi connectivity index (χ0v) is 24.0. The number of H-pyrrole nitrogens is 1. The molecule has 0 unspecified atom stereocenters. The summed E-state index contributed by atoms with van der Waals surface area (Å²) in [5.74, 6) is -0.384. The predicted octanol–water partition coefficient (Wildman–Crippen LogP) is 7.21. The van der Waals surface area contributed by atoms with E-state index in [1.54, 1.807) is 79.7 Å². The first kappa shape index (κ1) is 28.3. The van der Waals surface area contributed by atoms with Crippen LogP contribution in [0.25, 0.3) is 17.0 Å². The van der Waals surface area contributed by atoms with Gasteiger partial charge in [0.15, 0.2) is 0 Å². The van der Waals surface area contributed by atoms with Crippen LogP contribution in [-0.4, -0.2) is 33.6 Å². The van der Waals surface area contributed by atoms with Crippen LogP contribution in [0.5, 0.6) is 5.75 Å². The number of halogens is 1. The molecule has 0 radical (unpaired) electrons. The van der Waals surface area contributed by atoms with E-state index in [1.165, 1.54) is 11.0 Å². The first-order valence-electron chi connectivity index (χ1n) is 13.5. The topological polar surface area (TPSA) is 135 Å². The molecule has 2 amide bonds. The number of amides is 2. The Balaban J connectivity index is 1.20. The number of fused-ring (bicyclic) bond motifs is 1. The molecule has 5 aromatic rings. The SMILES string of the molecule is CC1=N/C(=C/c2c[nH]c3ccccc23)C(=O)N1c1ccc(C(=O)N/N=C(/N=Nc2cccc(Cl)c2)c2ccccc2O)cc1. The van der Waals surface area contributed by atoms with Crippen LogP contribution in [0.1, 0.15) is 28.4 Å². The van der Waals surface area contributed by atoms with Gasteiger partial charge in [0.1, 0.15) is 17.3 Å². The number of benzene rings is 4. The molecule has 0 aliphatic carbocycles. The van der Waals surface area contributed by atoms with E-state index in [1.807, 2.05) is 30.5 Å². The number of phenolic OH excluding ortho intramolecular Hbond substituents is 1. The van der Waals surface area contributed by atoms with E-state index in [0.29, 0.717) is 27.9 Å². The van der Waals surface area contributed by atoms with Gasteiger partial charge >= 0.3 is 0 Å². The molecule has 11 heteroatoms. The highest BCUT2D eigenvalue weighted by Gasteiger charge is 2.29. The van der Waals surface area contributed by atoms with Gasteiger partial charge in [0, 0.05) is 33.2 Å². The first-order chi connectivity index (χ1) is 21.4. The second-order valence-electron chi connectivity index (χ2n) is 9.74. The number of aliphatic imine (C=N–C) groups is 1. The van der Waals surface area contributed by atoms with Gasteiger partial charge in [-0.3, -0.25) is 14.5 Å². The van der Waals surface area contributed by atoms with Crippen LogP contribution in [0, 0.1) is 0 Å². The second-order valence-corrected chi connectivity index (χ2v) is 10.2. The van der Waals surface area contributed by atoms with Gasteiger partial charge in [-0.2, -0.15) is 0 Å².